The van der Waals surface area contributed by atoms with Gasteiger partial charge in [0.25, 0.3) is 0 Å². The van der Waals surface area contributed by atoms with Gasteiger partial charge in [0.05, 0.1) is 11.5 Å². The average molecular weight is 442 g/mol. The molecule has 4 rings (SSSR count). The summed E-state index contributed by atoms with van der Waals surface area (Å²) < 4.78 is 2.07. The van der Waals surface area contributed by atoms with Crippen LogP contribution in [0.15, 0.2) is 21.1 Å². The number of halogens is 2. The van der Waals surface area contributed by atoms with E-state index in [0.29, 0.717) is 0 Å². The highest BCUT2D eigenvalue weighted by Gasteiger charge is 2.51. The summed E-state index contributed by atoms with van der Waals surface area (Å²) >= 11 is 7.27. The van der Waals surface area contributed by atoms with Crippen LogP contribution in [0, 0.1) is 5.92 Å². The highest BCUT2D eigenvalue weighted by Crippen LogP contribution is 2.48. The zero-order valence-electron chi connectivity index (χ0n) is 12.8. The molecule has 2 aromatic rings. The van der Waals surface area contributed by atoms with Crippen molar-refractivity contribution in [2.45, 2.75) is 31.7 Å². The maximum atomic E-state index is 11.9. The van der Waals surface area contributed by atoms with Crippen molar-refractivity contribution in [2.75, 3.05) is 13.1 Å². The molecule has 0 radical (unpaired) electrons. The fraction of sp³-hybridized carbons (Fsp3) is 0.471. The quantitative estimate of drug-likeness (QED) is 0.695. The minimum atomic E-state index is -0.691. The summed E-state index contributed by atoms with van der Waals surface area (Å²) in [7, 11) is 0. The van der Waals surface area contributed by atoms with Crippen LogP contribution in [-0.4, -0.2) is 34.0 Å². The fourth-order valence-electron chi connectivity index (χ4n) is 4.47. The summed E-state index contributed by atoms with van der Waals surface area (Å²) in [6, 6.07) is 4.08. The van der Waals surface area contributed by atoms with Crippen LogP contribution in [0.2, 0.25) is 0 Å². The molecule has 23 heavy (non-hydrogen) atoms. The standard InChI is InChI=1S/C17H18Br2N2O2/c1-17-10(16(22)23)3-2-7-21(17)8-6-9-13-12(20-15(9)17)5-4-11(18)14(13)19/h4-5,10,20H,2-3,6-8H2,1H3,(H,22,23)/t10-,17+/m0/s1. The highest BCUT2D eigenvalue weighted by molar-refractivity contribution is 9.13. The van der Waals surface area contributed by atoms with Crippen LogP contribution in [0.3, 0.4) is 0 Å². The van der Waals surface area contributed by atoms with E-state index >= 15 is 0 Å². The van der Waals surface area contributed by atoms with E-state index in [1.165, 1.54) is 10.9 Å². The molecule has 3 heterocycles. The van der Waals surface area contributed by atoms with E-state index in [1.807, 2.05) is 6.07 Å². The van der Waals surface area contributed by atoms with Gasteiger partial charge in [0.15, 0.2) is 0 Å². The van der Waals surface area contributed by atoms with Gasteiger partial charge in [-0.15, -0.1) is 0 Å². The number of benzene rings is 1. The van der Waals surface area contributed by atoms with E-state index in [1.54, 1.807) is 0 Å². The summed E-state index contributed by atoms with van der Waals surface area (Å²) in [5.74, 6) is -1.06. The number of nitrogens with zero attached hydrogens (tertiary/aromatic N) is 1. The van der Waals surface area contributed by atoms with Crippen LogP contribution in [0.1, 0.15) is 31.0 Å². The molecule has 1 aromatic carbocycles. The maximum absolute atomic E-state index is 11.9. The molecule has 1 aromatic heterocycles. The van der Waals surface area contributed by atoms with Gasteiger partial charge in [-0.3, -0.25) is 9.69 Å². The number of rotatable bonds is 1. The minimum absolute atomic E-state index is 0.370. The number of nitrogens with one attached hydrogen (secondary N) is 1. The largest absolute Gasteiger partial charge is 0.481 e. The van der Waals surface area contributed by atoms with Crippen molar-refractivity contribution in [1.29, 1.82) is 0 Å². The number of piperidine rings is 1. The lowest BCUT2D eigenvalue weighted by Gasteiger charge is -2.51. The number of aliphatic carboxylic acids is 1. The molecule has 2 N–H and O–H groups in total. The van der Waals surface area contributed by atoms with E-state index in [4.69, 9.17) is 0 Å². The highest BCUT2D eigenvalue weighted by atomic mass is 79.9. The van der Waals surface area contributed by atoms with E-state index in [2.05, 4.69) is 54.7 Å². The Morgan fingerprint density at radius 3 is 2.91 bits per heavy atom. The number of carboxylic acids is 1. The Labute approximate surface area is 151 Å². The molecule has 6 heteroatoms. The van der Waals surface area contributed by atoms with Crippen molar-refractivity contribution < 1.29 is 9.90 Å². The van der Waals surface area contributed by atoms with Crippen molar-refractivity contribution in [1.82, 2.24) is 9.88 Å². The first-order valence-corrected chi connectivity index (χ1v) is 9.50. The molecule has 2 aliphatic heterocycles. The first kappa shape index (κ1) is 15.7. The van der Waals surface area contributed by atoms with Crippen LogP contribution in [0.4, 0.5) is 0 Å². The van der Waals surface area contributed by atoms with Crippen molar-refractivity contribution in [3.63, 3.8) is 0 Å². The second-order valence-corrected chi connectivity index (χ2v) is 8.33. The Morgan fingerprint density at radius 1 is 1.39 bits per heavy atom. The van der Waals surface area contributed by atoms with E-state index < -0.39 is 11.5 Å². The topological polar surface area (TPSA) is 56.3 Å². The molecule has 122 valence electrons. The van der Waals surface area contributed by atoms with Crippen molar-refractivity contribution in [3.8, 4) is 0 Å². The SMILES string of the molecule is C[C@@]12c3[nH]c4ccc(Br)c(Br)c4c3CCN1CCC[C@H]2C(=O)O. The molecule has 1 saturated heterocycles. The Morgan fingerprint density at radius 2 is 2.17 bits per heavy atom. The van der Waals surface area contributed by atoms with Gasteiger partial charge in [-0.1, -0.05) is 0 Å². The Balaban J connectivity index is 2.00. The first-order chi connectivity index (χ1) is 10.9. The maximum Gasteiger partial charge on any atom is 0.308 e. The third kappa shape index (κ3) is 2.07. The molecule has 0 unspecified atom stereocenters. The monoisotopic (exact) mass is 440 g/mol. The van der Waals surface area contributed by atoms with E-state index in [9.17, 15) is 9.90 Å². The molecule has 4 nitrogen and oxygen atoms in total. The second kappa shape index (κ2) is 5.33. The van der Waals surface area contributed by atoms with E-state index in [0.717, 1.165) is 52.5 Å². The summed E-state index contributed by atoms with van der Waals surface area (Å²) in [5, 5.41) is 11.0. The lowest BCUT2D eigenvalue weighted by molar-refractivity contribution is -0.152. The number of carboxylic acid groups (broad SMARTS) is 1. The van der Waals surface area contributed by atoms with Crippen LogP contribution in [-0.2, 0) is 16.8 Å². The fourth-order valence-corrected chi connectivity index (χ4v) is 5.39. The predicted molar refractivity (Wildman–Crippen MR) is 96.7 cm³/mol. The molecule has 2 atom stereocenters. The Bertz CT molecular complexity index is 817. The summed E-state index contributed by atoms with van der Waals surface area (Å²) in [4.78, 5) is 17.8. The Hall–Kier alpha value is -0.850. The van der Waals surface area contributed by atoms with Crippen molar-refractivity contribution >= 4 is 48.7 Å². The normalized spacial score (nSPS) is 27.7. The molecule has 0 spiro atoms. The Kier molecular flexibility index (Phi) is 3.63. The lowest BCUT2D eigenvalue weighted by Crippen LogP contribution is -2.58. The number of H-pyrrole nitrogens is 1. The summed E-state index contributed by atoms with van der Waals surface area (Å²) in [5.41, 5.74) is 2.97. The molecule has 0 amide bonds. The van der Waals surface area contributed by atoms with Gasteiger partial charge in [0.2, 0.25) is 0 Å². The molecule has 0 aliphatic carbocycles. The first-order valence-electron chi connectivity index (χ1n) is 7.91. The van der Waals surface area contributed by atoms with Gasteiger partial charge < -0.3 is 10.1 Å². The van der Waals surface area contributed by atoms with Crippen molar-refractivity contribution in [2.24, 2.45) is 5.92 Å². The number of hydrogen-bond donors (Lipinski definition) is 2. The predicted octanol–water partition coefficient (Wildman–Crippen LogP) is 4.26. The molecule has 0 saturated carbocycles. The lowest BCUT2D eigenvalue weighted by atomic mass is 9.72. The van der Waals surface area contributed by atoms with Gasteiger partial charge in [0, 0.05) is 32.1 Å². The average Bonchev–Trinajstić information content (AvgIpc) is 2.90. The summed E-state index contributed by atoms with van der Waals surface area (Å²) in [6.45, 7) is 3.99. The van der Waals surface area contributed by atoms with Gasteiger partial charge in [0.1, 0.15) is 0 Å². The molecule has 1 fully saturated rings. The minimum Gasteiger partial charge on any atom is -0.481 e. The zero-order chi connectivity index (χ0) is 16.4. The third-order valence-corrected chi connectivity index (χ3v) is 7.67. The number of aromatic nitrogens is 1. The zero-order valence-corrected chi connectivity index (χ0v) is 16.0. The second-order valence-electron chi connectivity index (χ2n) is 6.68. The van der Waals surface area contributed by atoms with Crippen LogP contribution >= 0.6 is 31.9 Å². The number of fused-ring (bicyclic) bond motifs is 5. The van der Waals surface area contributed by atoms with E-state index in [-0.39, 0.29) is 5.92 Å². The van der Waals surface area contributed by atoms with Gasteiger partial charge in [-0.05, 0) is 82.3 Å². The molecular formula is C17H18Br2N2O2. The number of hydrogen-bond acceptors (Lipinski definition) is 2. The van der Waals surface area contributed by atoms with Crippen LogP contribution < -0.4 is 0 Å². The van der Waals surface area contributed by atoms with Gasteiger partial charge in [-0.2, -0.15) is 0 Å². The number of aromatic amines is 1. The number of carbonyl (C=O) groups is 1. The van der Waals surface area contributed by atoms with Gasteiger partial charge in [-0.25, -0.2) is 0 Å². The van der Waals surface area contributed by atoms with Crippen molar-refractivity contribution in [3.05, 3.63) is 32.3 Å². The molecular weight excluding hydrogens is 424 g/mol. The van der Waals surface area contributed by atoms with Gasteiger partial charge >= 0.3 is 5.97 Å². The molecule has 2 aliphatic rings. The van der Waals surface area contributed by atoms with Crippen LogP contribution in [0.5, 0.6) is 0 Å². The molecule has 0 bridgehead atoms. The smallest absolute Gasteiger partial charge is 0.308 e. The summed E-state index contributed by atoms with van der Waals surface area (Å²) in [6.07, 6.45) is 2.64. The van der Waals surface area contributed by atoms with Crippen LogP contribution in [0.25, 0.3) is 10.9 Å². The third-order valence-electron chi connectivity index (χ3n) is 5.65.